The number of nitrogens with zero attached hydrogens (tertiary/aromatic N) is 4. The van der Waals surface area contributed by atoms with E-state index in [0.717, 1.165) is 31.8 Å². The van der Waals surface area contributed by atoms with Crippen LogP contribution in [0.3, 0.4) is 0 Å². The lowest BCUT2D eigenvalue weighted by molar-refractivity contribution is 0.551. The van der Waals surface area contributed by atoms with Crippen molar-refractivity contribution >= 4 is 12.2 Å². The van der Waals surface area contributed by atoms with Crippen molar-refractivity contribution in [3.8, 4) is 0 Å². The van der Waals surface area contributed by atoms with Crippen LogP contribution in [-0.2, 0) is 19.5 Å². The number of nitrogens with one attached hydrogen (secondary N) is 1. The van der Waals surface area contributed by atoms with E-state index in [1.807, 2.05) is 17.1 Å². The second kappa shape index (κ2) is 5.07. The van der Waals surface area contributed by atoms with Crippen LogP contribution >= 0.6 is 12.2 Å². The summed E-state index contributed by atoms with van der Waals surface area (Å²) in [6, 6.07) is 0. The highest BCUT2D eigenvalue weighted by Gasteiger charge is 2.04. The van der Waals surface area contributed by atoms with Gasteiger partial charge in [0.1, 0.15) is 5.82 Å². The molecule has 0 radical (unpaired) electrons. The van der Waals surface area contributed by atoms with Crippen molar-refractivity contribution in [2.24, 2.45) is 0 Å². The molecule has 5 nitrogen and oxygen atoms in total. The summed E-state index contributed by atoms with van der Waals surface area (Å²) in [7, 11) is 0. The quantitative estimate of drug-likeness (QED) is 0.807. The summed E-state index contributed by atoms with van der Waals surface area (Å²) in [6.45, 7) is 3.84. The van der Waals surface area contributed by atoms with E-state index in [1.165, 1.54) is 0 Å². The van der Waals surface area contributed by atoms with E-state index in [2.05, 4.69) is 26.7 Å². The third kappa shape index (κ3) is 2.38. The van der Waals surface area contributed by atoms with Crippen molar-refractivity contribution in [1.82, 2.24) is 24.3 Å². The van der Waals surface area contributed by atoms with E-state index in [4.69, 9.17) is 12.2 Å². The molecule has 0 saturated heterocycles. The third-order valence-electron chi connectivity index (χ3n) is 2.45. The first-order valence-electron chi connectivity index (χ1n) is 5.41. The highest BCUT2D eigenvalue weighted by molar-refractivity contribution is 7.71. The Balaban J connectivity index is 2.08. The zero-order chi connectivity index (χ0) is 11.4. The lowest BCUT2D eigenvalue weighted by Crippen LogP contribution is -2.09. The van der Waals surface area contributed by atoms with Crippen molar-refractivity contribution in [2.75, 3.05) is 0 Å². The second-order valence-corrected chi connectivity index (χ2v) is 4.03. The molecule has 0 aliphatic heterocycles. The van der Waals surface area contributed by atoms with Gasteiger partial charge in [0.05, 0.1) is 6.33 Å². The molecule has 0 aromatic carbocycles. The number of aromatic nitrogens is 5. The van der Waals surface area contributed by atoms with E-state index in [1.54, 1.807) is 6.20 Å². The van der Waals surface area contributed by atoms with Gasteiger partial charge >= 0.3 is 0 Å². The minimum Gasteiger partial charge on any atom is -0.336 e. The summed E-state index contributed by atoms with van der Waals surface area (Å²) >= 11 is 5.20. The molecule has 0 atom stereocenters. The molecule has 2 aromatic rings. The van der Waals surface area contributed by atoms with Gasteiger partial charge < -0.3 is 9.13 Å². The van der Waals surface area contributed by atoms with Gasteiger partial charge in [-0.2, -0.15) is 5.10 Å². The van der Waals surface area contributed by atoms with Crippen LogP contribution in [0.5, 0.6) is 0 Å². The van der Waals surface area contributed by atoms with E-state index < -0.39 is 0 Å². The van der Waals surface area contributed by atoms with Gasteiger partial charge in [-0.1, -0.05) is 6.92 Å². The Morgan fingerprint density at radius 1 is 1.44 bits per heavy atom. The van der Waals surface area contributed by atoms with E-state index in [9.17, 15) is 0 Å². The molecule has 0 unspecified atom stereocenters. The van der Waals surface area contributed by atoms with Crippen molar-refractivity contribution in [1.29, 1.82) is 0 Å². The third-order valence-corrected chi connectivity index (χ3v) is 2.76. The molecule has 16 heavy (non-hydrogen) atoms. The van der Waals surface area contributed by atoms with Gasteiger partial charge in [0.15, 0.2) is 4.77 Å². The lowest BCUT2D eigenvalue weighted by Gasteiger charge is -2.06. The van der Waals surface area contributed by atoms with Crippen LogP contribution in [0.2, 0.25) is 0 Å². The molecule has 0 fully saturated rings. The maximum atomic E-state index is 5.20. The summed E-state index contributed by atoms with van der Waals surface area (Å²) in [4.78, 5) is 4.01. The standard InChI is InChI=1S/C10H15N5S/c1-2-3-9-12-13-10(16)15(9)7-6-14-5-4-11-8-14/h4-5,8H,2-3,6-7H2,1H3,(H,13,16). The summed E-state index contributed by atoms with van der Waals surface area (Å²) < 4.78 is 4.78. The first-order chi connectivity index (χ1) is 7.81. The molecule has 0 aliphatic carbocycles. The molecular weight excluding hydrogens is 222 g/mol. The molecule has 0 bridgehead atoms. The minimum absolute atomic E-state index is 0.698. The van der Waals surface area contributed by atoms with Crippen LogP contribution in [0.4, 0.5) is 0 Å². The van der Waals surface area contributed by atoms with E-state index >= 15 is 0 Å². The first-order valence-corrected chi connectivity index (χ1v) is 5.82. The highest BCUT2D eigenvalue weighted by Crippen LogP contribution is 2.02. The Hall–Kier alpha value is -1.43. The Morgan fingerprint density at radius 3 is 3.00 bits per heavy atom. The number of rotatable bonds is 5. The van der Waals surface area contributed by atoms with Crippen molar-refractivity contribution in [3.05, 3.63) is 29.3 Å². The number of aromatic amines is 1. The summed E-state index contributed by atoms with van der Waals surface area (Å²) in [5.41, 5.74) is 0. The van der Waals surface area contributed by atoms with E-state index in [-0.39, 0.29) is 0 Å². The molecule has 2 aromatic heterocycles. The fourth-order valence-corrected chi connectivity index (χ4v) is 1.87. The van der Waals surface area contributed by atoms with Crippen LogP contribution < -0.4 is 0 Å². The Labute approximate surface area is 99.1 Å². The monoisotopic (exact) mass is 237 g/mol. The number of hydrogen-bond donors (Lipinski definition) is 1. The number of imidazole rings is 1. The second-order valence-electron chi connectivity index (χ2n) is 3.65. The molecule has 0 spiro atoms. The zero-order valence-corrected chi connectivity index (χ0v) is 10.1. The van der Waals surface area contributed by atoms with Gasteiger partial charge in [-0.05, 0) is 18.6 Å². The molecule has 2 heterocycles. The molecule has 6 heteroatoms. The molecule has 0 amide bonds. The molecule has 86 valence electrons. The first kappa shape index (κ1) is 11.1. The van der Waals surface area contributed by atoms with Crippen LogP contribution in [0.25, 0.3) is 0 Å². The smallest absolute Gasteiger partial charge is 0.195 e. The van der Waals surface area contributed by atoms with Crippen molar-refractivity contribution < 1.29 is 0 Å². The summed E-state index contributed by atoms with van der Waals surface area (Å²) in [5.74, 6) is 1.03. The van der Waals surface area contributed by atoms with Gasteiger partial charge in [0, 0.05) is 31.9 Å². The average molecular weight is 237 g/mol. The maximum absolute atomic E-state index is 5.20. The Kier molecular flexibility index (Phi) is 3.51. The highest BCUT2D eigenvalue weighted by atomic mass is 32.1. The van der Waals surface area contributed by atoms with E-state index in [0.29, 0.717) is 4.77 Å². The van der Waals surface area contributed by atoms with Crippen molar-refractivity contribution in [3.63, 3.8) is 0 Å². The normalized spacial score (nSPS) is 10.8. The van der Waals surface area contributed by atoms with Gasteiger partial charge in [-0.15, -0.1) is 0 Å². The Morgan fingerprint density at radius 2 is 2.31 bits per heavy atom. The van der Waals surface area contributed by atoms with Gasteiger partial charge in [-0.25, -0.2) is 4.98 Å². The average Bonchev–Trinajstić information content (AvgIpc) is 2.88. The summed E-state index contributed by atoms with van der Waals surface area (Å²) in [5, 5.41) is 7.07. The molecular formula is C10H15N5S. The topological polar surface area (TPSA) is 51.4 Å². The number of hydrogen-bond acceptors (Lipinski definition) is 3. The van der Waals surface area contributed by atoms with Crippen LogP contribution in [0.15, 0.2) is 18.7 Å². The summed E-state index contributed by atoms with van der Waals surface area (Å²) in [6.07, 6.45) is 7.57. The number of aryl methyl sites for hydroxylation is 2. The lowest BCUT2D eigenvalue weighted by atomic mass is 10.3. The van der Waals surface area contributed by atoms with Gasteiger partial charge in [0.25, 0.3) is 0 Å². The van der Waals surface area contributed by atoms with Crippen LogP contribution in [0, 0.1) is 4.77 Å². The molecule has 1 N–H and O–H groups in total. The Bertz CT molecular complexity index is 482. The van der Waals surface area contributed by atoms with Crippen LogP contribution in [0.1, 0.15) is 19.2 Å². The van der Waals surface area contributed by atoms with Crippen molar-refractivity contribution in [2.45, 2.75) is 32.9 Å². The molecule has 2 rings (SSSR count). The largest absolute Gasteiger partial charge is 0.336 e. The SMILES string of the molecule is CCCc1n[nH]c(=S)n1CCn1ccnc1. The van der Waals surface area contributed by atoms with Gasteiger partial charge in [-0.3, -0.25) is 5.10 Å². The maximum Gasteiger partial charge on any atom is 0.195 e. The fourth-order valence-electron chi connectivity index (χ4n) is 1.63. The molecule has 0 saturated carbocycles. The fraction of sp³-hybridized carbons (Fsp3) is 0.500. The van der Waals surface area contributed by atoms with Gasteiger partial charge in [0.2, 0.25) is 0 Å². The minimum atomic E-state index is 0.698. The predicted octanol–water partition coefficient (Wildman–Crippen LogP) is 1.79. The zero-order valence-electron chi connectivity index (χ0n) is 9.26. The molecule has 0 aliphatic rings. The van der Waals surface area contributed by atoms with Crippen LogP contribution in [-0.4, -0.2) is 24.3 Å². The number of H-pyrrole nitrogens is 1. The predicted molar refractivity (Wildman–Crippen MR) is 63.6 cm³/mol.